The van der Waals surface area contributed by atoms with Crippen LogP contribution in [0.2, 0.25) is 5.02 Å². The first kappa shape index (κ1) is 12.5. The van der Waals surface area contributed by atoms with Gasteiger partial charge in [-0.3, -0.25) is 0 Å². The summed E-state index contributed by atoms with van der Waals surface area (Å²) in [6.45, 7) is 6.35. The fourth-order valence-electron chi connectivity index (χ4n) is 1.41. The topological polar surface area (TPSA) is 26.0 Å². The molecule has 3 heteroatoms. The Morgan fingerprint density at radius 2 is 2.00 bits per heavy atom. The Labute approximate surface area is 95.4 Å². The lowest BCUT2D eigenvalue weighted by Gasteiger charge is -2.23. The maximum atomic E-state index is 13.3. The molecule has 1 aromatic carbocycles. The van der Waals surface area contributed by atoms with Crippen LogP contribution in [0.1, 0.15) is 25.0 Å². The van der Waals surface area contributed by atoms with Gasteiger partial charge in [0.2, 0.25) is 0 Å². The van der Waals surface area contributed by atoms with E-state index in [2.05, 4.69) is 0 Å². The highest BCUT2D eigenvalue weighted by Crippen LogP contribution is 2.27. The number of benzene rings is 1. The Bertz CT molecular complexity index is 361. The predicted octanol–water partition coefficient (Wildman–Crippen LogP) is 3.31. The first-order valence-corrected chi connectivity index (χ1v) is 5.38. The summed E-state index contributed by atoms with van der Waals surface area (Å²) in [5.74, 6) is -0.206. The average molecular weight is 230 g/mol. The van der Waals surface area contributed by atoms with Crippen molar-refractivity contribution in [3.8, 4) is 0 Å². The van der Waals surface area contributed by atoms with Crippen LogP contribution in [-0.4, -0.2) is 6.54 Å². The molecule has 0 unspecified atom stereocenters. The zero-order chi connectivity index (χ0) is 11.6. The van der Waals surface area contributed by atoms with Crippen LogP contribution in [0.3, 0.4) is 0 Å². The van der Waals surface area contributed by atoms with Crippen molar-refractivity contribution >= 4 is 11.6 Å². The number of hydrogen-bond donors (Lipinski definition) is 1. The van der Waals surface area contributed by atoms with E-state index in [0.29, 0.717) is 23.6 Å². The van der Waals surface area contributed by atoms with Gasteiger partial charge >= 0.3 is 0 Å². The molecule has 0 bridgehead atoms. The number of nitrogens with two attached hydrogens (primary N) is 1. The van der Waals surface area contributed by atoms with E-state index in [1.54, 1.807) is 13.0 Å². The largest absolute Gasteiger partial charge is 0.330 e. The smallest absolute Gasteiger partial charge is 0.126 e. The van der Waals surface area contributed by atoms with E-state index in [4.69, 9.17) is 17.3 Å². The van der Waals surface area contributed by atoms with Gasteiger partial charge in [-0.2, -0.15) is 0 Å². The molecular weight excluding hydrogens is 213 g/mol. The summed E-state index contributed by atoms with van der Waals surface area (Å²) in [5, 5.41) is 0.621. The van der Waals surface area contributed by atoms with Crippen molar-refractivity contribution < 1.29 is 4.39 Å². The van der Waals surface area contributed by atoms with Crippen molar-refractivity contribution in [2.45, 2.75) is 27.2 Å². The van der Waals surface area contributed by atoms with Crippen LogP contribution in [0.4, 0.5) is 4.39 Å². The fraction of sp³-hybridized carbons (Fsp3) is 0.500. The molecular formula is C12H17ClFN. The summed E-state index contributed by atoms with van der Waals surface area (Å²) in [4.78, 5) is 0. The van der Waals surface area contributed by atoms with Gasteiger partial charge in [0.15, 0.2) is 0 Å². The third-order valence-electron chi connectivity index (χ3n) is 2.55. The molecule has 1 rings (SSSR count). The molecule has 0 fully saturated rings. The lowest BCUT2D eigenvalue weighted by Crippen LogP contribution is -2.26. The van der Waals surface area contributed by atoms with Crippen LogP contribution in [0.15, 0.2) is 12.1 Å². The minimum absolute atomic E-state index is 0.0503. The van der Waals surface area contributed by atoms with Crippen LogP contribution < -0.4 is 5.73 Å². The Balaban J connectivity index is 3.01. The second kappa shape index (κ2) is 4.50. The van der Waals surface area contributed by atoms with Crippen LogP contribution in [0.25, 0.3) is 0 Å². The molecule has 0 aliphatic rings. The van der Waals surface area contributed by atoms with E-state index < -0.39 is 0 Å². The Kier molecular flexibility index (Phi) is 3.74. The molecule has 0 aliphatic carbocycles. The summed E-state index contributed by atoms with van der Waals surface area (Å²) in [6.07, 6.45) is 0.694. The summed E-state index contributed by atoms with van der Waals surface area (Å²) >= 11 is 6.06. The van der Waals surface area contributed by atoms with E-state index >= 15 is 0 Å². The number of hydrogen-bond acceptors (Lipinski definition) is 1. The molecule has 0 radical (unpaired) electrons. The van der Waals surface area contributed by atoms with Crippen LogP contribution in [0, 0.1) is 18.2 Å². The van der Waals surface area contributed by atoms with Gasteiger partial charge in [0, 0.05) is 5.02 Å². The molecule has 0 amide bonds. The van der Waals surface area contributed by atoms with Crippen molar-refractivity contribution in [1.82, 2.24) is 0 Å². The van der Waals surface area contributed by atoms with Crippen LogP contribution in [-0.2, 0) is 6.42 Å². The van der Waals surface area contributed by atoms with E-state index in [1.165, 1.54) is 6.07 Å². The van der Waals surface area contributed by atoms with Gasteiger partial charge in [0.25, 0.3) is 0 Å². The normalized spacial score (nSPS) is 11.9. The number of aryl methyl sites for hydroxylation is 1. The first-order chi connectivity index (χ1) is 6.85. The van der Waals surface area contributed by atoms with Crippen molar-refractivity contribution in [3.63, 3.8) is 0 Å². The predicted molar refractivity (Wildman–Crippen MR) is 62.7 cm³/mol. The second-order valence-electron chi connectivity index (χ2n) is 4.74. The van der Waals surface area contributed by atoms with E-state index in [-0.39, 0.29) is 11.2 Å². The van der Waals surface area contributed by atoms with Crippen molar-refractivity contribution in [3.05, 3.63) is 34.1 Å². The molecule has 0 saturated heterocycles. The van der Waals surface area contributed by atoms with Gasteiger partial charge in [0.05, 0.1) is 0 Å². The minimum atomic E-state index is -0.206. The maximum Gasteiger partial charge on any atom is 0.126 e. The summed E-state index contributed by atoms with van der Waals surface area (Å²) in [7, 11) is 0. The van der Waals surface area contributed by atoms with Gasteiger partial charge < -0.3 is 5.73 Å². The van der Waals surface area contributed by atoms with Crippen LogP contribution >= 0.6 is 11.6 Å². The summed E-state index contributed by atoms with van der Waals surface area (Å²) in [6, 6.07) is 3.17. The van der Waals surface area contributed by atoms with E-state index in [1.807, 2.05) is 13.8 Å². The standard InChI is InChI=1S/C12H17ClFN/c1-8-4-10(13)9(5-11(8)14)6-12(2,3)7-15/h4-5H,6-7,15H2,1-3H3. The highest BCUT2D eigenvalue weighted by molar-refractivity contribution is 6.31. The molecule has 15 heavy (non-hydrogen) atoms. The molecule has 0 spiro atoms. The summed E-state index contributed by atoms with van der Waals surface area (Å²) in [5.41, 5.74) is 6.99. The third-order valence-corrected chi connectivity index (χ3v) is 2.90. The Morgan fingerprint density at radius 3 is 2.53 bits per heavy atom. The number of halogens is 2. The molecule has 0 heterocycles. The zero-order valence-electron chi connectivity index (χ0n) is 9.40. The van der Waals surface area contributed by atoms with Gasteiger partial charge in [-0.25, -0.2) is 4.39 Å². The third kappa shape index (κ3) is 3.18. The molecule has 0 atom stereocenters. The Morgan fingerprint density at radius 1 is 1.40 bits per heavy atom. The van der Waals surface area contributed by atoms with Crippen LogP contribution in [0.5, 0.6) is 0 Å². The van der Waals surface area contributed by atoms with Crippen molar-refractivity contribution in [1.29, 1.82) is 0 Å². The molecule has 1 nitrogen and oxygen atoms in total. The lowest BCUT2D eigenvalue weighted by atomic mass is 9.86. The molecule has 0 aliphatic heterocycles. The Hall–Kier alpha value is -0.600. The first-order valence-electron chi connectivity index (χ1n) is 5.00. The summed E-state index contributed by atoms with van der Waals surface area (Å²) < 4.78 is 13.3. The lowest BCUT2D eigenvalue weighted by molar-refractivity contribution is 0.376. The van der Waals surface area contributed by atoms with Gasteiger partial charge in [0.1, 0.15) is 5.82 Å². The number of rotatable bonds is 3. The molecule has 1 aromatic rings. The zero-order valence-corrected chi connectivity index (χ0v) is 10.2. The molecule has 0 saturated carbocycles. The SMILES string of the molecule is Cc1cc(Cl)c(CC(C)(C)CN)cc1F. The fourth-order valence-corrected chi connectivity index (χ4v) is 1.70. The highest BCUT2D eigenvalue weighted by atomic mass is 35.5. The van der Waals surface area contributed by atoms with Gasteiger partial charge in [-0.15, -0.1) is 0 Å². The maximum absolute atomic E-state index is 13.3. The molecule has 0 aromatic heterocycles. The second-order valence-corrected chi connectivity index (χ2v) is 5.15. The van der Waals surface area contributed by atoms with Crippen molar-refractivity contribution in [2.24, 2.45) is 11.1 Å². The van der Waals surface area contributed by atoms with Gasteiger partial charge in [-0.1, -0.05) is 25.4 Å². The monoisotopic (exact) mass is 229 g/mol. The van der Waals surface area contributed by atoms with E-state index in [9.17, 15) is 4.39 Å². The van der Waals surface area contributed by atoms with Gasteiger partial charge in [-0.05, 0) is 48.6 Å². The molecule has 2 N–H and O–H groups in total. The average Bonchev–Trinajstić information content (AvgIpc) is 2.14. The highest BCUT2D eigenvalue weighted by Gasteiger charge is 2.18. The van der Waals surface area contributed by atoms with Crippen molar-refractivity contribution in [2.75, 3.05) is 6.54 Å². The van der Waals surface area contributed by atoms with E-state index in [0.717, 1.165) is 5.56 Å². The quantitative estimate of drug-likeness (QED) is 0.846. The minimum Gasteiger partial charge on any atom is -0.330 e. The molecule has 84 valence electrons.